The average Bonchev–Trinajstić information content (AvgIpc) is 3.22. The van der Waals surface area contributed by atoms with Crippen LogP contribution in [0, 0.1) is 6.92 Å². The summed E-state index contributed by atoms with van der Waals surface area (Å²) in [6, 6.07) is 2.98. The van der Waals surface area contributed by atoms with Crippen LogP contribution in [-0.2, 0) is 9.84 Å². The predicted octanol–water partition coefficient (Wildman–Crippen LogP) is 2.18. The van der Waals surface area contributed by atoms with Crippen LogP contribution in [0.2, 0.25) is 0 Å². The molecule has 0 unspecified atom stereocenters. The number of amides is 1. The van der Waals surface area contributed by atoms with E-state index in [2.05, 4.69) is 10.3 Å². The number of sulfone groups is 1. The van der Waals surface area contributed by atoms with Gasteiger partial charge in [0.25, 0.3) is 5.91 Å². The van der Waals surface area contributed by atoms with E-state index in [1.165, 1.54) is 38.7 Å². The fourth-order valence-corrected chi connectivity index (χ4v) is 5.03. The summed E-state index contributed by atoms with van der Waals surface area (Å²) in [6.45, 7) is 1.73. The largest absolute Gasteiger partial charge is 0.493 e. The second-order valence-electron chi connectivity index (χ2n) is 6.09. The molecule has 0 aliphatic carbocycles. The van der Waals surface area contributed by atoms with Crippen molar-refractivity contribution >= 4 is 27.1 Å². The van der Waals surface area contributed by atoms with Crippen LogP contribution in [0.15, 0.2) is 23.6 Å². The number of carbonyl (C=O) groups excluding carboxylic acids is 1. The molecule has 1 atom stereocenters. The molecule has 0 saturated heterocycles. The van der Waals surface area contributed by atoms with Crippen molar-refractivity contribution in [1.82, 2.24) is 10.3 Å². The molecule has 1 aromatic carbocycles. The molecular formula is C18H20N2O6S2. The van der Waals surface area contributed by atoms with E-state index in [1.54, 1.807) is 19.1 Å². The van der Waals surface area contributed by atoms with E-state index in [0.29, 0.717) is 38.4 Å². The molecule has 0 saturated carbocycles. The van der Waals surface area contributed by atoms with Gasteiger partial charge in [0.05, 0.1) is 38.8 Å². The Morgan fingerprint density at radius 3 is 2.32 bits per heavy atom. The maximum atomic E-state index is 12.6. The van der Waals surface area contributed by atoms with E-state index in [4.69, 9.17) is 14.2 Å². The molecule has 8 nitrogen and oxygen atoms in total. The number of thiazole rings is 1. The molecule has 150 valence electrons. The molecule has 0 radical (unpaired) electrons. The number of aromatic nitrogens is 1. The van der Waals surface area contributed by atoms with Gasteiger partial charge in [-0.1, -0.05) is 0 Å². The van der Waals surface area contributed by atoms with E-state index < -0.39 is 15.9 Å². The van der Waals surface area contributed by atoms with Gasteiger partial charge in [0.15, 0.2) is 21.3 Å². The van der Waals surface area contributed by atoms with E-state index in [-0.39, 0.29) is 11.7 Å². The SMILES string of the molecule is COc1cc(-c2nc(C)c(C(=O)N[C@@H]3C=CS(=O)(=O)C3)s2)cc(OC)c1OC. The predicted molar refractivity (Wildman–Crippen MR) is 106 cm³/mol. The minimum absolute atomic E-state index is 0.129. The number of ether oxygens (including phenoxy) is 3. The van der Waals surface area contributed by atoms with Crippen LogP contribution in [0.5, 0.6) is 17.2 Å². The Bertz CT molecular complexity index is 1020. The first-order valence-corrected chi connectivity index (χ1v) is 10.8. The molecule has 2 aromatic rings. The van der Waals surface area contributed by atoms with Crippen LogP contribution in [0.25, 0.3) is 10.6 Å². The summed E-state index contributed by atoms with van der Waals surface area (Å²) in [6.07, 6.45) is 1.48. The zero-order chi connectivity index (χ0) is 20.5. The van der Waals surface area contributed by atoms with Gasteiger partial charge in [-0.2, -0.15) is 0 Å². The Kier molecular flexibility index (Phi) is 5.61. The molecule has 3 rings (SSSR count). The summed E-state index contributed by atoms with van der Waals surface area (Å²) in [4.78, 5) is 17.5. The zero-order valence-electron chi connectivity index (χ0n) is 15.8. The first-order valence-electron chi connectivity index (χ1n) is 8.27. The van der Waals surface area contributed by atoms with Crippen LogP contribution >= 0.6 is 11.3 Å². The minimum atomic E-state index is -3.24. The lowest BCUT2D eigenvalue weighted by atomic mass is 10.2. The molecular weight excluding hydrogens is 404 g/mol. The maximum absolute atomic E-state index is 12.6. The number of rotatable bonds is 6. The number of aryl methyl sites for hydroxylation is 1. The molecule has 2 heterocycles. The Hall–Kier alpha value is -2.59. The summed E-state index contributed by atoms with van der Waals surface area (Å²) in [5.74, 6) is 0.944. The normalized spacial score (nSPS) is 17.4. The smallest absolute Gasteiger partial charge is 0.263 e. The molecule has 0 bridgehead atoms. The van der Waals surface area contributed by atoms with E-state index in [9.17, 15) is 13.2 Å². The van der Waals surface area contributed by atoms with Gasteiger partial charge in [-0.15, -0.1) is 11.3 Å². The third-order valence-corrected chi connectivity index (χ3v) is 6.76. The fourth-order valence-electron chi connectivity index (χ4n) is 2.83. The third-order valence-electron chi connectivity index (χ3n) is 4.16. The maximum Gasteiger partial charge on any atom is 0.263 e. The number of carbonyl (C=O) groups is 1. The highest BCUT2D eigenvalue weighted by atomic mass is 32.2. The molecule has 0 spiro atoms. The van der Waals surface area contributed by atoms with Crippen molar-refractivity contribution in [3.05, 3.63) is 34.2 Å². The Morgan fingerprint density at radius 1 is 1.18 bits per heavy atom. The van der Waals surface area contributed by atoms with Crippen LogP contribution in [0.4, 0.5) is 0 Å². The molecule has 0 fully saturated rings. The lowest BCUT2D eigenvalue weighted by Crippen LogP contribution is -2.35. The fraction of sp³-hybridized carbons (Fsp3) is 0.333. The van der Waals surface area contributed by atoms with Crippen molar-refractivity contribution < 1.29 is 27.4 Å². The molecule has 1 aromatic heterocycles. The Labute approximate surface area is 167 Å². The number of hydrogen-bond donors (Lipinski definition) is 1. The van der Waals surface area contributed by atoms with Crippen LogP contribution in [-0.4, -0.2) is 52.4 Å². The van der Waals surface area contributed by atoms with Crippen molar-refractivity contribution in [2.24, 2.45) is 0 Å². The van der Waals surface area contributed by atoms with Crippen LogP contribution in [0.1, 0.15) is 15.4 Å². The molecule has 1 N–H and O–H groups in total. The summed E-state index contributed by atoms with van der Waals surface area (Å²) in [7, 11) is 1.33. The topological polar surface area (TPSA) is 104 Å². The highest BCUT2D eigenvalue weighted by Gasteiger charge is 2.26. The van der Waals surface area contributed by atoms with Crippen LogP contribution in [0.3, 0.4) is 0 Å². The summed E-state index contributed by atoms with van der Waals surface area (Å²) >= 11 is 1.21. The first-order chi connectivity index (χ1) is 13.3. The van der Waals surface area contributed by atoms with Gasteiger partial charge in [-0.05, 0) is 25.1 Å². The highest BCUT2D eigenvalue weighted by molar-refractivity contribution is 7.94. The molecule has 10 heteroatoms. The quantitative estimate of drug-likeness (QED) is 0.758. The summed E-state index contributed by atoms with van der Waals surface area (Å²) < 4.78 is 39.1. The second kappa shape index (κ2) is 7.80. The summed E-state index contributed by atoms with van der Waals surface area (Å²) in [5.41, 5.74) is 1.26. The number of nitrogens with one attached hydrogen (secondary N) is 1. The van der Waals surface area contributed by atoms with Crippen LogP contribution < -0.4 is 19.5 Å². The van der Waals surface area contributed by atoms with Crippen molar-refractivity contribution in [3.8, 4) is 27.8 Å². The lowest BCUT2D eigenvalue weighted by Gasteiger charge is -2.13. The second-order valence-corrected chi connectivity index (χ2v) is 9.02. The summed E-state index contributed by atoms with van der Waals surface area (Å²) in [5, 5.41) is 4.45. The van der Waals surface area contributed by atoms with Crippen molar-refractivity contribution in [1.29, 1.82) is 0 Å². The first kappa shape index (κ1) is 20.2. The minimum Gasteiger partial charge on any atom is -0.493 e. The van der Waals surface area contributed by atoms with Gasteiger partial charge >= 0.3 is 0 Å². The third kappa shape index (κ3) is 3.97. The van der Waals surface area contributed by atoms with Gasteiger partial charge in [-0.25, -0.2) is 13.4 Å². The van der Waals surface area contributed by atoms with Crippen molar-refractivity contribution in [2.45, 2.75) is 13.0 Å². The van der Waals surface area contributed by atoms with Gasteiger partial charge in [0.2, 0.25) is 5.75 Å². The molecule has 1 aliphatic heterocycles. The standard InChI is InChI=1S/C18H20N2O6S2/c1-10-16(17(21)20-12-5-6-28(22,23)9-12)27-18(19-10)11-7-13(24-2)15(26-4)14(8-11)25-3/h5-8,12H,9H2,1-4H3,(H,20,21)/t12-/m1/s1. The van der Waals surface area contributed by atoms with E-state index in [0.717, 1.165) is 5.41 Å². The number of nitrogens with zero attached hydrogens (tertiary/aromatic N) is 1. The highest BCUT2D eigenvalue weighted by Crippen LogP contribution is 2.42. The molecule has 1 amide bonds. The van der Waals surface area contributed by atoms with Gasteiger partial charge < -0.3 is 19.5 Å². The monoisotopic (exact) mass is 424 g/mol. The zero-order valence-corrected chi connectivity index (χ0v) is 17.4. The van der Waals surface area contributed by atoms with Crippen molar-refractivity contribution in [3.63, 3.8) is 0 Å². The van der Waals surface area contributed by atoms with E-state index in [1.807, 2.05) is 0 Å². The van der Waals surface area contributed by atoms with Crippen molar-refractivity contribution in [2.75, 3.05) is 27.1 Å². The molecule has 28 heavy (non-hydrogen) atoms. The van der Waals surface area contributed by atoms with E-state index >= 15 is 0 Å². The Morgan fingerprint density at radius 2 is 1.82 bits per heavy atom. The van der Waals surface area contributed by atoms with Gasteiger partial charge in [0, 0.05) is 11.0 Å². The average molecular weight is 425 g/mol. The van der Waals surface area contributed by atoms with Gasteiger partial charge in [-0.3, -0.25) is 4.79 Å². The number of methoxy groups -OCH3 is 3. The number of hydrogen-bond acceptors (Lipinski definition) is 8. The molecule has 1 aliphatic rings. The van der Waals surface area contributed by atoms with Gasteiger partial charge in [0.1, 0.15) is 9.88 Å². The Balaban J connectivity index is 1.90. The number of benzene rings is 1. The lowest BCUT2D eigenvalue weighted by molar-refractivity contribution is 0.0951.